The van der Waals surface area contributed by atoms with Crippen molar-refractivity contribution in [3.63, 3.8) is 0 Å². The highest BCUT2D eigenvalue weighted by Crippen LogP contribution is 2.39. The van der Waals surface area contributed by atoms with Crippen molar-refractivity contribution in [1.29, 1.82) is 0 Å². The smallest absolute Gasteiger partial charge is 0.267 e. The number of carbonyl (C=O) groups excluding carboxylic acids is 1. The Hall–Kier alpha value is -4.09. The number of aryl methyl sites for hydroxylation is 3. The summed E-state index contributed by atoms with van der Waals surface area (Å²) in [5, 5.41) is 0.678. The molecule has 5 rings (SSSR count). The van der Waals surface area contributed by atoms with Gasteiger partial charge in [0.05, 0.1) is 16.6 Å². The molecule has 0 N–H and O–H groups in total. The van der Waals surface area contributed by atoms with E-state index in [0.29, 0.717) is 16.7 Å². The number of amidine groups is 1. The number of para-hydroxylation sites is 1. The lowest BCUT2D eigenvalue weighted by Gasteiger charge is -2.24. The molecular weight excluding hydrogens is 500 g/mol. The average molecular weight is 533 g/mol. The summed E-state index contributed by atoms with van der Waals surface area (Å²) in [6, 6.07) is 31.9. The third-order valence-electron chi connectivity index (χ3n) is 6.89. The molecule has 4 aromatic carbocycles. The van der Waals surface area contributed by atoms with E-state index < -0.39 is 0 Å². The van der Waals surface area contributed by atoms with E-state index in [2.05, 4.69) is 32.9 Å². The lowest BCUT2D eigenvalue weighted by Crippen LogP contribution is -2.32. The Balaban J connectivity index is 1.37. The molecule has 4 aromatic rings. The number of ether oxygens (including phenoxy) is 1. The van der Waals surface area contributed by atoms with Crippen LogP contribution in [0.4, 0.5) is 5.69 Å². The zero-order chi connectivity index (χ0) is 27.4. The molecule has 4 nitrogen and oxygen atoms in total. The van der Waals surface area contributed by atoms with E-state index in [1.807, 2.05) is 97.9 Å². The second-order valence-corrected chi connectivity index (χ2v) is 10.8. The van der Waals surface area contributed by atoms with Gasteiger partial charge in [-0.1, -0.05) is 78.4 Å². The summed E-state index contributed by atoms with van der Waals surface area (Å²) in [7, 11) is 0. The van der Waals surface area contributed by atoms with Crippen molar-refractivity contribution in [2.24, 2.45) is 4.99 Å². The Labute approximate surface area is 235 Å². The van der Waals surface area contributed by atoms with Gasteiger partial charge >= 0.3 is 0 Å². The number of aliphatic imine (C=N–C) groups is 1. The normalized spacial score (nSPS) is 16.2. The van der Waals surface area contributed by atoms with Crippen molar-refractivity contribution < 1.29 is 9.53 Å². The first-order valence-corrected chi connectivity index (χ1v) is 13.9. The van der Waals surface area contributed by atoms with Crippen LogP contribution in [0.2, 0.25) is 0 Å². The lowest BCUT2D eigenvalue weighted by molar-refractivity contribution is -0.123. The molecule has 0 aliphatic carbocycles. The van der Waals surface area contributed by atoms with E-state index in [1.165, 1.54) is 34.0 Å². The molecule has 1 aliphatic heterocycles. The Morgan fingerprint density at radius 1 is 0.872 bits per heavy atom. The van der Waals surface area contributed by atoms with E-state index in [-0.39, 0.29) is 11.9 Å². The highest BCUT2D eigenvalue weighted by atomic mass is 32.2. The van der Waals surface area contributed by atoms with E-state index in [9.17, 15) is 4.79 Å². The van der Waals surface area contributed by atoms with Gasteiger partial charge < -0.3 is 4.74 Å². The fourth-order valence-electron chi connectivity index (χ4n) is 4.80. The van der Waals surface area contributed by atoms with Gasteiger partial charge in [-0.25, -0.2) is 4.99 Å². The molecule has 0 spiro atoms. The van der Waals surface area contributed by atoms with Gasteiger partial charge in [0.2, 0.25) is 0 Å². The summed E-state index contributed by atoms with van der Waals surface area (Å²) in [6.07, 6.45) is 1.93. The Kier molecular flexibility index (Phi) is 7.99. The molecule has 1 fully saturated rings. The quantitative estimate of drug-likeness (QED) is 0.224. The molecule has 0 aromatic heterocycles. The van der Waals surface area contributed by atoms with E-state index in [1.54, 1.807) is 4.90 Å². The zero-order valence-electron chi connectivity index (χ0n) is 22.7. The van der Waals surface area contributed by atoms with Gasteiger partial charge in [0.1, 0.15) is 12.4 Å². The van der Waals surface area contributed by atoms with Crippen LogP contribution in [0.3, 0.4) is 0 Å². The summed E-state index contributed by atoms with van der Waals surface area (Å²) < 4.78 is 6.10. The van der Waals surface area contributed by atoms with Crippen LogP contribution in [0.1, 0.15) is 46.3 Å². The van der Waals surface area contributed by atoms with E-state index in [0.717, 1.165) is 22.6 Å². The molecule has 1 atom stereocenters. The largest absolute Gasteiger partial charge is 0.489 e. The standard InChI is InChI=1S/C34H32N2O2S/c1-23-19-24(2)31(25(3)20-23)22-38-30-17-15-27(16-18-30)21-32-33(37)36(26(4)28-11-7-5-8-12-28)34(39-32)35-29-13-9-6-10-14-29/h5-21,26H,22H2,1-4H3/b32-21+,35-34?/t26-/m0/s1. The fourth-order valence-corrected chi connectivity index (χ4v) is 5.87. The summed E-state index contributed by atoms with van der Waals surface area (Å²) in [6.45, 7) is 8.94. The van der Waals surface area contributed by atoms with Crippen LogP contribution in [-0.2, 0) is 11.4 Å². The molecule has 39 heavy (non-hydrogen) atoms. The molecule has 5 heteroatoms. The zero-order valence-corrected chi connectivity index (χ0v) is 23.5. The van der Waals surface area contributed by atoms with Gasteiger partial charge in [0.25, 0.3) is 5.91 Å². The highest BCUT2D eigenvalue weighted by molar-refractivity contribution is 8.18. The molecule has 196 valence electrons. The van der Waals surface area contributed by atoms with E-state index in [4.69, 9.17) is 9.73 Å². The maximum Gasteiger partial charge on any atom is 0.267 e. The number of benzene rings is 4. The minimum Gasteiger partial charge on any atom is -0.489 e. The number of carbonyl (C=O) groups is 1. The number of thioether (sulfide) groups is 1. The Morgan fingerprint density at radius 3 is 2.13 bits per heavy atom. The van der Waals surface area contributed by atoms with Crippen molar-refractivity contribution in [1.82, 2.24) is 4.90 Å². The summed E-state index contributed by atoms with van der Waals surface area (Å²) in [5.74, 6) is 0.754. The van der Waals surface area contributed by atoms with Crippen LogP contribution in [0.5, 0.6) is 5.75 Å². The van der Waals surface area contributed by atoms with Gasteiger partial charge in [-0.2, -0.15) is 0 Å². The molecular formula is C34H32N2O2S. The maximum absolute atomic E-state index is 13.7. The first-order valence-electron chi connectivity index (χ1n) is 13.1. The minimum absolute atomic E-state index is 0.0447. The Bertz CT molecular complexity index is 1500. The van der Waals surface area contributed by atoms with Gasteiger partial charge in [-0.15, -0.1) is 0 Å². The summed E-state index contributed by atoms with van der Waals surface area (Å²) >= 11 is 1.41. The maximum atomic E-state index is 13.7. The fraction of sp³-hybridized carbons (Fsp3) is 0.176. The van der Waals surface area contributed by atoms with Crippen LogP contribution >= 0.6 is 11.8 Å². The number of nitrogens with zero attached hydrogens (tertiary/aromatic N) is 2. The predicted molar refractivity (Wildman–Crippen MR) is 162 cm³/mol. The third-order valence-corrected chi connectivity index (χ3v) is 7.87. The topological polar surface area (TPSA) is 41.9 Å². The van der Waals surface area contributed by atoms with Crippen LogP contribution in [0.25, 0.3) is 6.08 Å². The first-order chi connectivity index (χ1) is 18.9. The molecule has 0 bridgehead atoms. The molecule has 1 heterocycles. The van der Waals surface area contributed by atoms with Gasteiger partial charge in [-0.05, 0) is 97.6 Å². The van der Waals surface area contributed by atoms with Gasteiger partial charge in [-0.3, -0.25) is 9.69 Å². The lowest BCUT2D eigenvalue weighted by atomic mass is 10.0. The number of hydrogen-bond donors (Lipinski definition) is 0. The summed E-state index contributed by atoms with van der Waals surface area (Å²) in [4.78, 5) is 20.9. The number of amides is 1. The van der Waals surface area contributed by atoms with Crippen molar-refractivity contribution in [3.8, 4) is 5.75 Å². The second kappa shape index (κ2) is 11.7. The van der Waals surface area contributed by atoms with Gasteiger partial charge in [0, 0.05) is 0 Å². The number of rotatable bonds is 7. The van der Waals surface area contributed by atoms with Crippen LogP contribution in [0, 0.1) is 20.8 Å². The second-order valence-electron chi connectivity index (χ2n) is 9.84. The van der Waals surface area contributed by atoms with Crippen LogP contribution in [-0.4, -0.2) is 16.0 Å². The summed E-state index contributed by atoms with van der Waals surface area (Å²) in [5.41, 5.74) is 7.79. The molecule has 1 amide bonds. The highest BCUT2D eigenvalue weighted by Gasteiger charge is 2.37. The molecule has 1 aliphatic rings. The monoisotopic (exact) mass is 532 g/mol. The average Bonchev–Trinajstić information content (AvgIpc) is 3.23. The SMILES string of the molecule is Cc1cc(C)c(COc2ccc(/C=C3/SC(=Nc4ccccc4)N([C@@H](C)c4ccccc4)C3=O)cc2)c(C)c1. The van der Waals surface area contributed by atoms with Crippen molar-refractivity contribution in [3.05, 3.63) is 135 Å². The number of hydrogen-bond acceptors (Lipinski definition) is 4. The van der Waals surface area contributed by atoms with Crippen molar-refractivity contribution in [2.45, 2.75) is 40.3 Å². The molecule has 0 radical (unpaired) electrons. The molecule has 0 unspecified atom stereocenters. The Morgan fingerprint density at radius 2 is 1.49 bits per heavy atom. The van der Waals surface area contributed by atoms with E-state index >= 15 is 0 Å². The van der Waals surface area contributed by atoms with Crippen molar-refractivity contribution >= 4 is 34.6 Å². The third kappa shape index (κ3) is 6.15. The van der Waals surface area contributed by atoms with Crippen molar-refractivity contribution in [2.75, 3.05) is 0 Å². The van der Waals surface area contributed by atoms with Gasteiger partial charge in [0.15, 0.2) is 5.17 Å². The minimum atomic E-state index is -0.149. The van der Waals surface area contributed by atoms with Crippen LogP contribution < -0.4 is 4.74 Å². The van der Waals surface area contributed by atoms with Crippen LogP contribution in [0.15, 0.2) is 107 Å². The molecule has 0 saturated carbocycles. The first kappa shape index (κ1) is 26.5. The predicted octanol–water partition coefficient (Wildman–Crippen LogP) is 8.56. The molecule has 1 saturated heterocycles.